The van der Waals surface area contributed by atoms with Crippen molar-refractivity contribution in [1.29, 1.82) is 0 Å². The predicted molar refractivity (Wildman–Crippen MR) is 143 cm³/mol. The van der Waals surface area contributed by atoms with E-state index in [-0.39, 0.29) is 17.8 Å². The Morgan fingerprint density at radius 1 is 1.16 bits per heavy atom. The Bertz CT molecular complexity index is 1110. The van der Waals surface area contributed by atoms with E-state index in [9.17, 15) is 9.59 Å². The lowest BCUT2D eigenvalue weighted by molar-refractivity contribution is 0.0505. The average Bonchev–Trinajstić information content (AvgIpc) is 2.85. The Morgan fingerprint density at radius 2 is 1.89 bits per heavy atom. The van der Waals surface area contributed by atoms with E-state index in [4.69, 9.17) is 14.5 Å². The van der Waals surface area contributed by atoms with Crippen LogP contribution in [0.25, 0.3) is 0 Å². The number of nitrogens with zero attached hydrogens (tertiary/aromatic N) is 5. The number of carbonyl (C=O) groups excluding carboxylic acids is 2. The van der Waals surface area contributed by atoms with Crippen LogP contribution in [0.4, 0.5) is 11.6 Å². The maximum atomic E-state index is 13.6. The first-order chi connectivity index (χ1) is 17.5. The minimum absolute atomic E-state index is 0.112. The zero-order valence-electron chi connectivity index (χ0n) is 23.3. The van der Waals surface area contributed by atoms with Gasteiger partial charge in [0.2, 0.25) is 0 Å². The summed E-state index contributed by atoms with van der Waals surface area (Å²) in [5, 5.41) is 3.32. The lowest BCUT2D eigenvalue weighted by Crippen LogP contribution is -2.61. The fourth-order valence-corrected chi connectivity index (χ4v) is 4.72. The monoisotopic (exact) mass is 512 g/mol. The van der Waals surface area contributed by atoms with Crippen LogP contribution in [0.15, 0.2) is 12.3 Å². The van der Waals surface area contributed by atoms with E-state index in [2.05, 4.69) is 20.2 Å². The third-order valence-electron chi connectivity index (χ3n) is 6.63. The molecule has 0 aromatic carbocycles. The quantitative estimate of drug-likeness (QED) is 0.398. The van der Waals surface area contributed by atoms with Gasteiger partial charge < -0.3 is 24.6 Å². The number of aryl methyl sites for hydroxylation is 2. The minimum atomic E-state index is -0.476. The summed E-state index contributed by atoms with van der Waals surface area (Å²) in [5.41, 5.74) is 2.59. The van der Waals surface area contributed by atoms with Crippen LogP contribution < -0.4 is 10.2 Å². The van der Waals surface area contributed by atoms with E-state index in [1.165, 1.54) is 7.11 Å². The molecule has 2 aromatic rings. The van der Waals surface area contributed by atoms with Gasteiger partial charge in [-0.2, -0.15) is 0 Å². The lowest BCUT2D eigenvalue weighted by atomic mass is 9.97. The summed E-state index contributed by atoms with van der Waals surface area (Å²) < 4.78 is 10.0. The zero-order valence-corrected chi connectivity index (χ0v) is 23.3. The highest BCUT2D eigenvalue weighted by Crippen LogP contribution is 2.29. The van der Waals surface area contributed by atoms with Gasteiger partial charge in [-0.25, -0.2) is 19.7 Å². The number of aromatic nitrogens is 3. The van der Waals surface area contributed by atoms with Crippen molar-refractivity contribution in [3.63, 3.8) is 0 Å². The first kappa shape index (κ1) is 28.3. The van der Waals surface area contributed by atoms with Gasteiger partial charge in [0, 0.05) is 39.9 Å². The Morgan fingerprint density at radius 3 is 2.49 bits per heavy atom. The van der Waals surface area contributed by atoms with E-state index in [0.717, 1.165) is 30.0 Å². The zero-order chi connectivity index (χ0) is 27.3. The molecule has 0 spiro atoms. The molecule has 1 amide bonds. The number of hydrogen-bond donors (Lipinski definition) is 1. The van der Waals surface area contributed by atoms with Crippen molar-refractivity contribution in [2.45, 2.75) is 59.4 Å². The van der Waals surface area contributed by atoms with Crippen LogP contribution in [0.2, 0.25) is 0 Å². The molecule has 202 valence electrons. The molecule has 1 saturated heterocycles. The van der Waals surface area contributed by atoms with Crippen molar-refractivity contribution in [3.8, 4) is 0 Å². The van der Waals surface area contributed by atoms with Gasteiger partial charge >= 0.3 is 5.97 Å². The number of pyridine rings is 1. The Kier molecular flexibility index (Phi) is 9.07. The molecule has 1 aliphatic rings. The van der Waals surface area contributed by atoms with E-state index >= 15 is 0 Å². The standard InChI is InChI=1S/C27H40N6O4/c1-17(2)23-24(28-10-9-13-36-7)29-15-20(31-23)25(34)33-12-11-32(16-27(33,5)6)21-14-18(3)22(19(4)30-21)26(35)37-8/h14-15,17H,9-13,16H2,1-8H3,(H,28,29). The molecule has 0 bridgehead atoms. The number of esters is 1. The molecule has 1 N–H and O–H groups in total. The summed E-state index contributed by atoms with van der Waals surface area (Å²) in [5.74, 6) is 1.09. The second kappa shape index (κ2) is 11.9. The summed E-state index contributed by atoms with van der Waals surface area (Å²) in [4.78, 5) is 43.7. The number of carbonyl (C=O) groups is 2. The van der Waals surface area contributed by atoms with Gasteiger partial charge in [0.1, 0.15) is 17.3 Å². The van der Waals surface area contributed by atoms with Crippen LogP contribution in [0.3, 0.4) is 0 Å². The number of anilines is 2. The van der Waals surface area contributed by atoms with E-state index in [0.29, 0.717) is 49.0 Å². The first-order valence-electron chi connectivity index (χ1n) is 12.7. The van der Waals surface area contributed by atoms with Gasteiger partial charge in [0.05, 0.1) is 35.8 Å². The SMILES string of the molecule is COCCCNc1ncc(C(=O)N2CCN(c3cc(C)c(C(=O)OC)c(C)n3)CC2(C)C)nc1C(C)C. The van der Waals surface area contributed by atoms with E-state index in [1.807, 2.05) is 52.5 Å². The van der Waals surface area contributed by atoms with Crippen LogP contribution >= 0.6 is 0 Å². The third-order valence-corrected chi connectivity index (χ3v) is 6.63. The van der Waals surface area contributed by atoms with Crippen LogP contribution in [-0.2, 0) is 9.47 Å². The molecule has 1 aliphatic heterocycles. The number of rotatable bonds is 9. The molecule has 37 heavy (non-hydrogen) atoms. The Hall–Kier alpha value is -3.27. The topological polar surface area (TPSA) is 110 Å². The fourth-order valence-electron chi connectivity index (χ4n) is 4.72. The third kappa shape index (κ3) is 6.36. The number of methoxy groups -OCH3 is 2. The first-order valence-corrected chi connectivity index (χ1v) is 12.7. The summed E-state index contributed by atoms with van der Waals surface area (Å²) in [6.45, 7) is 15.0. The second-order valence-electron chi connectivity index (χ2n) is 10.4. The van der Waals surface area contributed by atoms with Crippen LogP contribution in [0, 0.1) is 13.8 Å². The van der Waals surface area contributed by atoms with Gasteiger partial charge in [-0.3, -0.25) is 4.79 Å². The molecule has 0 atom stereocenters. The normalized spacial score (nSPS) is 15.2. The summed E-state index contributed by atoms with van der Waals surface area (Å²) in [6, 6.07) is 1.91. The van der Waals surface area contributed by atoms with Gasteiger partial charge in [-0.1, -0.05) is 13.8 Å². The van der Waals surface area contributed by atoms with Gasteiger partial charge in [-0.05, 0) is 51.7 Å². The molecule has 2 aromatic heterocycles. The summed E-state index contributed by atoms with van der Waals surface area (Å²) >= 11 is 0. The number of hydrogen-bond acceptors (Lipinski definition) is 9. The van der Waals surface area contributed by atoms with Crippen molar-refractivity contribution in [3.05, 3.63) is 40.5 Å². The van der Waals surface area contributed by atoms with E-state index in [1.54, 1.807) is 13.3 Å². The molecule has 0 unspecified atom stereocenters. The molecule has 1 fully saturated rings. The maximum absolute atomic E-state index is 13.6. The largest absolute Gasteiger partial charge is 0.465 e. The predicted octanol–water partition coefficient (Wildman–Crippen LogP) is 3.59. The maximum Gasteiger partial charge on any atom is 0.339 e. The van der Waals surface area contributed by atoms with Crippen molar-refractivity contribution in [1.82, 2.24) is 19.9 Å². The molecule has 0 radical (unpaired) electrons. The average molecular weight is 513 g/mol. The van der Waals surface area contributed by atoms with Crippen LogP contribution in [0.5, 0.6) is 0 Å². The molecule has 3 rings (SSSR count). The van der Waals surface area contributed by atoms with Gasteiger partial charge in [0.25, 0.3) is 5.91 Å². The fraction of sp³-hybridized carbons (Fsp3) is 0.593. The smallest absolute Gasteiger partial charge is 0.339 e. The number of piperazine rings is 1. The van der Waals surface area contributed by atoms with Gasteiger partial charge in [0.15, 0.2) is 0 Å². The molecule has 3 heterocycles. The Balaban J connectivity index is 1.78. The minimum Gasteiger partial charge on any atom is -0.465 e. The molecular formula is C27H40N6O4. The van der Waals surface area contributed by atoms with Crippen molar-refractivity contribution >= 4 is 23.5 Å². The Labute approximate surface area is 219 Å². The van der Waals surface area contributed by atoms with Crippen LogP contribution in [0.1, 0.15) is 77.8 Å². The molecular weight excluding hydrogens is 472 g/mol. The van der Waals surface area contributed by atoms with Crippen molar-refractivity contribution in [2.75, 3.05) is 57.2 Å². The summed E-state index contributed by atoms with van der Waals surface area (Å²) in [6.07, 6.45) is 2.42. The lowest BCUT2D eigenvalue weighted by Gasteiger charge is -2.47. The van der Waals surface area contributed by atoms with Gasteiger partial charge in [-0.15, -0.1) is 0 Å². The molecule has 0 aliphatic carbocycles. The second-order valence-corrected chi connectivity index (χ2v) is 10.4. The van der Waals surface area contributed by atoms with E-state index < -0.39 is 5.54 Å². The van der Waals surface area contributed by atoms with Crippen molar-refractivity contribution < 1.29 is 19.1 Å². The summed E-state index contributed by atoms with van der Waals surface area (Å²) in [7, 11) is 3.05. The highest BCUT2D eigenvalue weighted by molar-refractivity contribution is 5.93. The molecule has 10 heteroatoms. The molecule has 0 saturated carbocycles. The van der Waals surface area contributed by atoms with Crippen molar-refractivity contribution in [2.24, 2.45) is 0 Å². The van der Waals surface area contributed by atoms with Crippen LogP contribution in [-0.4, -0.2) is 84.3 Å². The number of amides is 1. The highest BCUT2D eigenvalue weighted by Gasteiger charge is 2.38. The number of nitrogens with one attached hydrogen (secondary N) is 1. The number of ether oxygens (including phenoxy) is 2. The highest BCUT2D eigenvalue weighted by atomic mass is 16.5. The molecule has 10 nitrogen and oxygen atoms in total.